The maximum absolute atomic E-state index is 12.0. The molecule has 0 aliphatic heterocycles. The summed E-state index contributed by atoms with van der Waals surface area (Å²) in [6, 6.07) is 11.8. The van der Waals surface area contributed by atoms with E-state index in [0.717, 1.165) is 5.56 Å². The van der Waals surface area contributed by atoms with Crippen molar-refractivity contribution in [2.24, 2.45) is 5.10 Å². The van der Waals surface area contributed by atoms with Gasteiger partial charge in [-0.05, 0) is 30.2 Å². The molecule has 2 aromatic carbocycles. The molecular formula is C22H22N2O6. The molecule has 0 fully saturated rings. The molecule has 0 saturated heterocycles. The third-order valence-electron chi connectivity index (χ3n) is 3.59. The summed E-state index contributed by atoms with van der Waals surface area (Å²) in [5.74, 6) is -0.590. The Morgan fingerprint density at radius 1 is 1.03 bits per heavy atom. The number of hydrazone groups is 1. The van der Waals surface area contributed by atoms with Gasteiger partial charge in [0.25, 0.3) is 5.91 Å². The van der Waals surface area contributed by atoms with Crippen LogP contribution in [-0.4, -0.2) is 30.7 Å². The van der Waals surface area contributed by atoms with Gasteiger partial charge in [0.15, 0.2) is 6.61 Å². The van der Waals surface area contributed by atoms with Crippen LogP contribution in [0, 0.1) is 0 Å². The normalized spacial score (nSPS) is 10.3. The fourth-order valence-corrected chi connectivity index (χ4v) is 2.41. The van der Waals surface area contributed by atoms with E-state index < -0.39 is 17.8 Å². The Bertz CT molecular complexity index is 968. The maximum Gasteiger partial charge on any atom is 0.308 e. The van der Waals surface area contributed by atoms with Gasteiger partial charge in [-0.3, -0.25) is 14.4 Å². The highest BCUT2D eigenvalue weighted by Crippen LogP contribution is 2.24. The zero-order chi connectivity index (χ0) is 21.9. The smallest absolute Gasteiger partial charge is 0.308 e. The summed E-state index contributed by atoms with van der Waals surface area (Å²) in [5, 5.41) is 3.85. The van der Waals surface area contributed by atoms with Gasteiger partial charge >= 0.3 is 11.9 Å². The molecular weight excluding hydrogens is 388 g/mol. The topological polar surface area (TPSA) is 103 Å². The number of carbonyl (C=O) groups is 3. The molecule has 0 spiro atoms. The van der Waals surface area contributed by atoms with Crippen molar-refractivity contribution in [1.82, 2.24) is 5.43 Å². The lowest BCUT2D eigenvalue weighted by Gasteiger charge is -2.09. The van der Waals surface area contributed by atoms with Crippen molar-refractivity contribution in [1.29, 1.82) is 0 Å². The van der Waals surface area contributed by atoms with Gasteiger partial charge in [-0.15, -0.1) is 6.58 Å². The summed E-state index contributed by atoms with van der Waals surface area (Å²) in [6.45, 7) is 5.96. The Balaban J connectivity index is 2.00. The van der Waals surface area contributed by atoms with E-state index in [2.05, 4.69) is 17.1 Å². The molecule has 0 atom stereocenters. The number of para-hydroxylation sites is 1. The lowest BCUT2D eigenvalue weighted by molar-refractivity contribution is -0.132. The van der Waals surface area contributed by atoms with Crippen LogP contribution in [0.25, 0.3) is 0 Å². The molecule has 2 aromatic rings. The van der Waals surface area contributed by atoms with Crippen molar-refractivity contribution in [3.63, 3.8) is 0 Å². The highest BCUT2D eigenvalue weighted by molar-refractivity contribution is 5.87. The van der Waals surface area contributed by atoms with E-state index in [1.54, 1.807) is 12.1 Å². The Kier molecular flexibility index (Phi) is 8.31. The fourth-order valence-electron chi connectivity index (χ4n) is 2.41. The Morgan fingerprint density at radius 3 is 2.47 bits per heavy atom. The number of hydrogen-bond donors (Lipinski definition) is 1. The average Bonchev–Trinajstić information content (AvgIpc) is 2.68. The fraction of sp³-hybridized carbons (Fsp3) is 0.182. The van der Waals surface area contributed by atoms with Crippen molar-refractivity contribution >= 4 is 24.1 Å². The number of nitrogens with one attached hydrogen (secondary N) is 1. The molecule has 8 heteroatoms. The minimum Gasteiger partial charge on any atom is -0.483 e. The molecule has 0 heterocycles. The van der Waals surface area contributed by atoms with Crippen LogP contribution >= 0.6 is 0 Å². The number of allylic oxidation sites excluding steroid dienone is 1. The largest absolute Gasteiger partial charge is 0.483 e. The number of amides is 1. The average molecular weight is 410 g/mol. The van der Waals surface area contributed by atoms with Gasteiger partial charge in [-0.2, -0.15) is 5.10 Å². The molecule has 156 valence electrons. The minimum atomic E-state index is -0.555. The third-order valence-corrected chi connectivity index (χ3v) is 3.59. The molecule has 1 amide bonds. The van der Waals surface area contributed by atoms with Gasteiger partial charge < -0.3 is 14.2 Å². The number of ether oxygens (including phenoxy) is 3. The van der Waals surface area contributed by atoms with E-state index in [1.165, 1.54) is 38.3 Å². The molecule has 30 heavy (non-hydrogen) atoms. The van der Waals surface area contributed by atoms with E-state index in [-0.39, 0.29) is 18.1 Å². The summed E-state index contributed by atoms with van der Waals surface area (Å²) in [4.78, 5) is 34.4. The second-order valence-corrected chi connectivity index (χ2v) is 6.07. The summed E-state index contributed by atoms with van der Waals surface area (Å²) in [5.41, 5.74) is 3.66. The molecule has 0 unspecified atom stereocenters. The van der Waals surface area contributed by atoms with Crippen LogP contribution in [0.3, 0.4) is 0 Å². The number of hydrogen-bond acceptors (Lipinski definition) is 7. The lowest BCUT2D eigenvalue weighted by atomic mass is 10.1. The van der Waals surface area contributed by atoms with E-state index >= 15 is 0 Å². The van der Waals surface area contributed by atoms with Crippen LogP contribution in [0.2, 0.25) is 0 Å². The van der Waals surface area contributed by atoms with Crippen molar-refractivity contribution in [3.05, 3.63) is 66.2 Å². The zero-order valence-electron chi connectivity index (χ0n) is 16.7. The quantitative estimate of drug-likeness (QED) is 0.224. The molecule has 8 nitrogen and oxygen atoms in total. The van der Waals surface area contributed by atoms with Gasteiger partial charge in [0.1, 0.15) is 17.2 Å². The molecule has 1 N–H and O–H groups in total. The highest BCUT2D eigenvalue weighted by Gasteiger charge is 2.09. The van der Waals surface area contributed by atoms with Gasteiger partial charge in [0.05, 0.1) is 6.21 Å². The van der Waals surface area contributed by atoms with Gasteiger partial charge in [-0.25, -0.2) is 5.43 Å². The first kappa shape index (κ1) is 22.4. The molecule has 0 aliphatic rings. The molecule has 0 saturated carbocycles. The summed E-state index contributed by atoms with van der Waals surface area (Å²) >= 11 is 0. The monoisotopic (exact) mass is 410 g/mol. The summed E-state index contributed by atoms with van der Waals surface area (Å²) < 4.78 is 15.6. The van der Waals surface area contributed by atoms with Gasteiger partial charge in [0.2, 0.25) is 0 Å². The third kappa shape index (κ3) is 7.23. The predicted molar refractivity (Wildman–Crippen MR) is 111 cm³/mol. The molecule has 2 rings (SSSR count). The molecule has 0 bridgehead atoms. The lowest BCUT2D eigenvalue weighted by Crippen LogP contribution is -2.24. The van der Waals surface area contributed by atoms with Crippen LogP contribution in [0.5, 0.6) is 17.2 Å². The van der Waals surface area contributed by atoms with E-state index in [1.807, 2.05) is 18.2 Å². The van der Waals surface area contributed by atoms with Crippen molar-refractivity contribution in [3.8, 4) is 17.2 Å². The number of esters is 2. The molecule has 0 aliphatic carbocycles. The van der Waals surface area contributed by atoms with Crippen LogP contribution in [-0.2, 0) is 20.8 Å². The molecule has 0 radical (unpaired) electrons. The summed E-state index contributed by atoms with van der Waals surface area (Å²) in [7, 11) is 0. The highest BCUT2D eigenvalue weighted by atomic mass is 16.5. The standard InChI is InChI=1S/C22H22N2O6/c1-4-7-17-8-5-6-9-20(17)28-14-22(27)24-23-13-18-10-11-19(29-15(2)25)12-21(18)30-16(3)26/h4-6,8-13H,1,7,14H2,2-3H3,(H,24,27). The van der Waals surface area contributed by atoms with E-state index in [9.17, 15) is 14.4 Å². The number of nitrogens with zero attached hydrogens (tertiary/aromatic N) is 1. The minimum absolute atomic E-state index is 0.133. The Hall–Kier alpha value is -3.94. The second kappa shape index (κ2) is 11.2. The first-order chi connectivity index (χ1) is 14.4. The van der Waals surface area contributed by atoms with Crippen molar-refractivity contribution < 1.29 is 28.6 Å². The van der Waals surface area contributed by atoms with E-state index in [4.69, 9.17) is 14.2 Å². The van der Waals surface area contributed by atoms with Crippen molar-refractivity contribution in [2.45, 2.75) is 20.3 Å². The first-order valence-electron chi connectivity index (χ1n) is 9.03. The van der Waals surface area contributed by atoms with Crippen LogP contribution in [0.1, 0.15) is 25.0 Å². The van der Waals surface area contributed by atoms with Gasteiger partial charge in [0, 0.05) is 25.5 Å². The number of carbonyl (C=O) groups excluding carboxylic acids is 3. The molecule has 0 aromatic heterocycles. The van der Waals surface area contributed by atoms with E-state index in [0.29, 0.717) is 17.7 Å². The first-order valence-corrected chi connectivity index (χ1v) is 9.03. The zero-order valence-corrected chi connectivity index (χ0v) is 16.7. The van der Waals surface area contributed by atoms with Crippen LogP contribution in [0.15, 0.2) is 60.2 Å². The summed E-state index contributed by atoms with van der Waals surface area (Å²) in [6.07, 6.45) is 3.68. The van der Waals surface area contributed by atoms with Gasteiger partial charge in [-0.1, -0.05) is 24.3 Å². The number of benzene rings is 2. The van der Waals surface area contributed by atoms with Crippen LogP contribution < -0.4 is 19.6 Å². The maximum atomic E-state index is 12.0. The second-order valence-electron chi connectivity index (χ2n) is 6.07. The Labute approximate surface area is 174 Å². The van der Waals surface area contributed by atoms with Crippen LogP contribution in [0.4, 0.5) is 0 Å². The SMILES string of the molecule is C=CCc1ccccc1OCC(=O)NN=Cc1ccc(OC(C)=O)cc1OC(C)=O. The van der Waals surface area contributed by atoms with Crippen molar-refractivity contribution in [2.75, 3.05) is 6.61 Å². The Morgan fingerprint density at radius 2 is 1.77 bits per heavy atom. The number of rotatable bonds is 9. The predicted octanol–water partition coefficient (Wildman–Crippen LogP) is 2.79.